The number of aryl methyl sites for hydroxylation is 1. The summed E-state index contributed by atoms with van der Waals surface area (Å²) in [6, 6.07) is 8.18. The number of likely N-dealkylation sites (N-methyl/N-ethyl adjacent to an activating group) is 1. The second kappa shape index (κ2) is 7.87. The molecule has 5 nitrogen and oxygen atoms in total. The van der Waals surface area contributed by atoms with Crippen molar-refractivity contribution in [3.05, 3.63) is 52.3 Å². The van der Waals surface area contributed by atoms with Crippen LogP contribution in [0.5, 0.6) is 0 Å². The zero-order valence-electron chi connectivity index (χ0n) is 16.9. The highest BCUT2D eigenvalue weighted by molar-refractivity contribution is 6.04. The van der Waals surface area contributed by atoms with E-state index in [0.717, 1.165) is 28.4 Å². The lowest BCUT2D eigenvalue weighted by molar-refractivity contribution is -0.907. The molecule has 1 unspecified atom stereocenters. The number of aromatic amines is 1. The molecular formula is C21H30N3O2+. The molecule has 140 valence electrons. The maximum Gasteiger partial charge on any atom is 0.235 e. The van der Waals surface area contributed by atoms with E-state index in [-0.39, 0.29) is 17.6 Å². The van der Waals surface area contributed by atoms with E-state index in [9.17, 15) is 9.59 Å². The van der Waals surface area contributed by atoms with Gasteiger partial charge in [-0.05, 0) is 45.4 Å². The van der Waals surface area contributed by atoms with E-state index in [1.807, 2.05) is 41.9 Å². The molecule has 0 saturated carbocycles. The van der Waals surface area contributed by atoms with Gasteiger partial charge in [0, 0.05) is 36.6 Å². The molecule has 2 aromatic rings. The van der Waals surface area contributed by atoms with Crippen molar-refractivity contribution < 1.29 is 14.5 Å². The average Bonchev–Trinajstić information content (AvgIpc) is 2.88. The molecule has 0 fully saturated rings. The molecule has 0 aliphatic carbocycles. The van der Waals surface area contributed by atoms with Crippen LogP contribution in [0.2, 0.25) is 0 Å². The van der Waals surface area contributed by atoms with E-state index in [4.69, 9.17) is 0 Å². The second-order valence-electron chi connectivity index (χ2n) is 7.35. The highest BCUT2D eigenvalue weighted by atomic mass is 16.1. The van der Waals surface area contributed by atoms with Gasteiger partial charge in [0.15, 0.2) is 11.8 Å². The van der Waals surface area contributed by atoms with Crippen LogP contribution in [0, 0.1) is 13.8 Å². The Kier molecular flexibility index (Phi) is 6.03. The van der Waals surface area contributed by atoms with Crippen molar-refractivity contribution in [3.63, 3.8) is 0 Å². The normalized spacial score (nSPS) is 13.3. The Bertz CT molecular complexity index is 803. The van der Waals surface area contributed by atoms with Gasteiger partial charge < -0.3 is 14.8 Å². The van der Waals surface area contributed by atoms with Crippen LogP contribution in [-0.4, -0.2) is 43.7 Å². The van der Waals surface area contributed by atoms with Crippen molar-refractivity contribution in [2.45, 2.75) is 40.3 Å². The first-order valence-electron chi connectivity index (χ1n) is 8.96. The summed E-state index contributed by atoms with van der Waals surface area (Å²) in [4.78, 5) is 31.1. The van der Waals surface area contributed by atoms with Crippen molar-refractivity contribution >= 4 is 17.3 Å². The van der Waals surface area contributed by atoms with Gasteiger partial charge in [0.05, 0.1) is 12.7 Å². The number of carbonyl (C=O) groups is 2. The van der Waals surface area contributed by atoms with E-state index < -0.39 is 0 Å². The lowest BCUT2D eigenvalue weighted by Crippen LogP contribution is -3.12. The largest absolute Gasteiger partial charge is 0.378 e. The zero-order valence-corrected chi connectivity index (χ0v) is 16.9. The lowest BCUT2D eigenvalue weighted by atomic mass is 10.0. The zero-order chi connectivity index (χ0) is 19.6. The number of aromatic nitrogens is 1. The number of hydrogen-bond donors (Lipinski definition) is 2. The molecule has 0 spiro atoms. The molecule has 2 rings (SSSR count). The number of H-pyrrole nitrogens is 1. The molecule has 0 amide bonds. The number of benzene rings is 1. The predicted octanol–water partition coefficient (Wildman–Crippen LogP) is 2.19. The fourth-order valence-corrected chi connectivity index (χ4v) is 3.35. The first-order valence-corrected chi connectivity index (χ1v) is 8.96. The topological polar surface area (TPSA) is 57.6 Å². The van der Waals surface area contributed by atoms with Crippen LogP contribution < -0.4 is 9.80 Å². The summed E-state index contributed by atoms with van der Waals surface area (Å²) in [5, 5.41) is 0. The molecule has 26 heavy (non-hydrogen) atoms. The first kappa shape index (κ1) is 19.9. The van der Waals surface area contributed by atoms with Crippen LogP contribution in [0.4, 0.5) is 5.69 Å². The SMILES string of the molecule is CC(=O)c1c(C)[nH]c(C(=O)[C@@H](C)[NH+](C)Cc2ccc(N(C)C)cc2)c1C. The minimum atomic E-state index is -0.208. The highest BCUT2D eigenvalue weighted by Crippen LogP contribution is 2.19. The van der Waals surface area contributed by atoms with Gasteiger partial charge in [-0.25, -0.2) is 0 Å². The maximum atomic E-state index is 13.0. The number of ketones is 2. The standard InChI is InChI=1S/C21H29N3O2/c1-13-19(16(4)25)14(2)22-20(13)21(26)15(3)24(7)12-17-8-10-18(11-9-17)23(5)6/h8-11,15,22H,12H2,1-7H3/p+1/t15-/m1/s1. The third kappa shape index (κ3) is 4.05. The Labute approximate surface area is 156 Å². The number of Topliss-reactive ketones (excluding diaryl/α,β-unsaturated/α-hetero) is 2. The Balaban J connectivity index is 2.15. The summed E-state index contributed by atoms with van der Waals surface area (Å²) < 4.78 is 0. The Morgan fingerprint density at radius 3 is 2.19 bits per heavy atom. The molecule has 1 aromatic carbocycles. The van der Waals surface area contributed by atoms with Crippen LogP contribution in [0.25, 0.3) is 0 Å². The Hall–Kier alpha value is -2.40. The second-order valence-corrected chi connectivity index (χ2v) is 7.35. The third-order valence-corrected chi connectivity index (χ3v) is 5.10. The van der Waals surface area contributed by atoms with Crippen LogP contribution in [0.15, 0.2) is 24.3 Å². The summed E-state index contributed by atoms with van der Waals surface area (Å²) in [5.74, 6) is 0.0325. The molecule has 0 aliphatic heterocycles. The molecule has 0 aliphatic rings. The molecule has 0 bridgehead atoms. The molecule has 0 saturated heterocycles. The number of anilines is 1. The first-order chi connectivity index (χ1) is 12.1. The van der Waals surface area contributed by atoms with Crippen LogP contribution in [-0.2, 0) is 6.54 Å². The van der Waals surface area contributed by atoms with Gasteiger partial charge in [-0.1, -0.05) is 12.1 Å². The number of nitrogens with one attached hydrogen (secondary N) is 2. The number of nitrogens with zero attached hydrogens (tertiary/aromatic N) is 1. The molecular weight excluding hydrogens is 326 g/mol. The smallest absolute Gasteiger partial charge is 0.235 e. The quantitative estimate of drug-likeness (QED) is 0.748. The summed E-state index contributed by atoms with van der Waals surface area (Å²) >= 11 is 0. The van der Waals surface area contributed by atoms with Gasteiger partial charge in [0.2, 0.25) is 5.78 Å². The summed E-state index contributed by atoms with van der Waals surface area (Å²) in [5.41, 5.74) is 5.07. The molecule has 0 radical (unpaired) electrons. The van der Waals surface area contributed by atoms with E-state index >= 15 is 0 Å². The molecule has 1 heterocycles. The summed E-state index contributed by atoms with van der Waals surface area (Å²) in [6.07, 6.45) is 0. The number of rotatable bonds is 7. The highest BCUT2D eigenvalue weighted by Gasteiger charge is 2.28. The van der Waals surface area contributed by atoms with Crippen molar-refractivity contribution in [2.75, 3.05) is 26.0 Å². The van der Waals surface area contributed by atoms with Gasteiger partial charge in [-0.2, -0.15) is 0 Å². The summed E-state index contributed by atoms with van der Waals surface area (Å²) in [6.45, 7) is 7.92. The number of hydrogen-bond acceptors (Lipinski definition) is 3. The predicted molar refractivity (Wildman–Crippen MR) is 105 cm³/mol. The van der Waals surface area contributed by atoms with Gasteiger partial charge in [-0.15, -0.1) is 0 Å². The van der Waals surface area contributed by atoms with Crippen molar-refractivity contribution in [1.29, 1.82) is 0 Å². The summed E-state index contributed by atoms with van der Waals surface area (Å²) in [7, 11) is 6.06. The van der Waals surface area contributed by atoms with E-state index in [1.54, 1.807) is 0 Å². The van der Waals surface area contributed by atoms with Crippen LogP contribution >= 0.6 is 0 Å². The third-order valence-electron chi connectivity index (χ3n) is 5.10. The number of quaternary nitrogens is 1. The van der Waals surface area contributed by atoms with Crippen LogP contribution in [0.3, 0.4) is 0 Å². The average molecular weight is 356 g/mol. The van der Waals surface area contributed by atoms with E-state index in [1.165, 1.54) is 12.5 Å². The molecule has 1 aromatic heterocycles. The van der Waals surface area contributed by atoms with Gasteiger partial charge in [-0.3, -0.25) is 9.59 Å². The van der Waals surface area contributed by atoms with Gasteiger partial charge in [0.25, 0.3) is 0 Å². The lowest BCUT2D eigenvalue weighted by Gasteiger charge is -2.21. The fourth-order valence-electron chi connectivity index (χ4n) is 3.35. The monoisotopic (exact) mass is 356 g/mol. The van der Waals surface area contributed by atoms with Gasteiger partial charge >= 0.3 is 0 Å². The Morgan fingerprint density at radius 2 is 1.73 bits per heavy atom. The molecule has 2 N–H and O–H groups in total. The van der Waals surface area contributed by atoms with Gasteiger partial charge in [0.1, 0.15) is 6.54 Å². The fraction of sp³-hybridized carbons (Fsp3) is 0.429. The minimum absolute atomic E-state index is 0.00960. The van der Waals surface area contributed by atoms with Crippen molar-refractivity contribution in [1.82, 2.24) is 4.98 Å². The maximum absolute atomic E-state index is 13.0. The van der Waals surface area contributed by atoms with Crippen molar-refractivity contribution in [2.24, 2.45) is 0 Å². The van der Waals surface area contributed by atoms with Crippen LogP contribution in [0.1, 0.15) is 51.5 Å². The minimum Gasteiger partial charge on any atom is -0.378 e. The molecule has 2 atom stereocenters. The van der Waals surface area contributed by atoms with Crippen molar-refractivity contribution in [3.8, 4) is 0 Å². The van der Waals surface area contributed by atoms with E-state index in [2.05, 4.69) is 34.1 Å². The molecule has 5 heteroatoms. The Morgan fingerprint density at radius 1 is 1.15 bits per heavy atom. The van der Waals surface area contributed by atoms with E-state index in [0.29, 0.717) is 11.3 Å². The number of carbonyl (C=O) groups excluding carboxylic acids is 2.